The molecular formula is C10H8N4O3S. The molecule has 92 valence electrons. The number of rotatable bonds is 5. The second kappa shape index (κ2) is 5.75. The predicted octanol–water partition coefficient (Wildman–Crippen LogP) is 1.71. The van der Waals surface area contributed by atoms with Crippen LogP contribution in [0.1, 0.15) is 16.6 Å². The molecule has 1 aromatic heterocycles. The third-order valence-corrected chi connectivity index (χ3v) is 3.33. The van der Waals surface area contributed by atoms with Crippen molar-refractivity contribution in [2.24, 2.45) is 0 Å². The maximum atomic E-state index is 11.2. The van der Waals surface area contributed by atoms with Crippen molar-refractivity contribution >= 4 is 27.8 Å². The molecule has 0 N–H and O–H groups in total. The van der Waals surface area contributed by atoms with Crippen LogP contribution < -0.4 is 4.90 Å². The summed E-state index contributed by atoms with van der Waals surface area (Å²) in [5, 5.41) is 28.3. The fourth-order valence-corrected chi connectivity index (χ4v) is 2.29. The van der Waals surface area contributed by atoms with Crippen molar-refractivity contribution < 1.29 is 9.72 Å². The summed E-state index contributed by atoms with van der Waals surface area (Å²) in [6.45, 7) is 1.01. The minimum atomic E-state index is -0.625. The fourth-order valence-electron chi connectivity index (χ4n) is 1.27. The van der Waals surface area contributed by atoms with Crippen molar-refractivity contribution in [1.29, 1.82) is 10.5 Å². The third kappa shape index (κ3) is 2.81. The molecule has 0 amide bonds. The van der Waals surface area contributed by atoms with E-state index in [4.69, 9.17) is 10.5 Å². The van der Waals surface area contributed by atoms with Crippen LogP contribution in [-0.2, 0) is 0 Å². The average molecular weight is 264 g/mol. The summed E-state index contributed by atoms with van der Waals surface area (Å²) in [6, 6.07) is 4.83. The molecule has 8 heteroatoms. The molecule has 18 heavy (non-hydrogen) atoms. The van der Waals surface area contributed by atoms with E-state index in [2.05, 4.69) is 0 Å². The van der Waals surface area contributed by atoms with Gasteiger partial charge in [-0.25, -0.2) is 0 Å². The van der Waals surface area contributed by atoms with E-state index in [0.29, 0.717) is 0 Å². The summed E-state index contributed by atoms with van der Waals surface area (Å²) < 4.78 is 0. The van der Waals surface area contributed by atoms with Crippen molar-refractivity contribution in [2.45, 2.75) is 6.92 Å². The molecule has 0 aliphatic carbocycles. The Morgan fingerprint density at radius 2 is 2.06 bits per heavy atom. The second-order valence-corrected chi connectivity index (χ2v) is 4.32. The lowest BCUT2D eigenvalue weighted by Crippen LogP contribution is -2.23. The van der Waals surface area contributed by atoms with Crippen LogP contribution in [0.3, 0.4) is 0 Å². The van der Waals surface area contributed by atoms with Crippen molar-refractivity contribution in [3.8, 4) is 12.1 Å². The molecule has 0 saturated carbocycles. The minimum absolute atomic E-state index is 0.147. The molecule has 0 unspecified atom stereocenters. The molecule has 1 rings (SSSR count). The van der Waals surface area contributed by atoms with E-state index >= 15 is 0 Å². The normalized spacial score (nSPS) is 9.28. The Bertz CT molecular complexity index is 551. The molecule has 0 aliphatic rings. The van der Waals surface area contributed by atoms with Crippen molar-refractivity contribution in [2.75, 3.05) is 18.0 Å². The van der Waals surface area contributed by atoms with E-state index in [1.165, 1.54) is 17.9 Å². The smallest absolute Gasteiger partial charge is 0.304 e. The van der Waals surface area contributed by atoms with E-state index in [9.17, 15) is 14.9 Å². The molecule has 0 spiro atoms. The number of hydrogen-bond donors (Lipinski definition) is 0. The van der Waals surface area contributed by atoms with Crippen LogP contribution >= 0.6 is 11.3 Å². The number of nitrogens with zero attached hydrogens (tertiary/aromatic N) is 4. The van der Waals surface area contributed by atoms with Gasteiger partial charge in [-0.2, -0.15) is 10.5 Å². The van der Waals surface area contributed by atoms with E-state index in [1.807, 2.05) is 12.1 Å². The number of Topliss-reactive ketones (excluding diaryl/α,β-unsaturated/α-hetero) is 1. The van der Waals surface area contributed by atoms with Gasteiger partial charge in [-0.1, -0.05) is 0 Å². The Morgan fingerprint density at radius 3 is 2.44 bits per heavy atom. The van der Waals surface area contributed by atoms with Crippen LogP contribution in [0.5, 0.6) is 0 Å². The highest BCUT2D eigenvalue weighted by Crippen LogP contribution is 2.37. The lowest BCUT2D eigenvalue weighted by Gasteiger charge is -2.14. The third-order valence-electron chi connectivity index (χ3n) is 2.05. The standard InChI is InChI=1S/C10H8N4O3S/c1-7(15)9-6-8(14(16)17)10(18-9)13(4-2-11)5-3-12/h6H,4-5H2,1H3. The molecule has 0 fully saturated rings. The van der Waals surface area contributed by atoms with Gasteiger partial charge in [0.15, 0.2) is 10.8 Å². The summed E-state index contributed by atoms with van der Waals surface area (Å²) >= 11 is 0.916. The molecule has 0 radical (unpaired) electrons. The number of carbonyl (C=O) groups excluding carboxylic acids is 1. The first kappa shape index (κ1) is 13.6. The van der Waals surface area contributed by atoms with E-state index < -0.39 is 4.92 Å². The predicted molar refractivity (Wildman–Crippen MR) is 64.4 cm³/mol. The van der Waals surface area contributed by atoms with Gasteiger partial charge in [-0.15, -0.1) is 11.3 Å². The van der Waals surface area contributed by atoms with Crippen LogP contribution in [0.4, 0.5) is 10.7 Å². The SMILES string of the molecule is CC(=O)c1cc([N+](=O)[O-])c(N(CC#N)CC#N)s1. The number of hydrogen-bond acceptors (Lipinski definition) is 7. The Labute approximate surface area is 107 Å². The van der Waals surface area contributed by atoms with Crippen molar-refractivity contribution in [1.82, 2.24) is 0 Å². The molecule has 7 nitrogen and oxygen atoms in total. The Morgan fingerprint density at radius 1 is 1.50 bits per heavy atom. The molecular weight excluding hydrogens is 256 g/mol. The molecule has 0 atom stereocenters. The van der Waals surface area contributed by atoms with Crippen LogP contribution in [0.2, 0.25) is 0 Å². The molecule has 0 aromatic carbocycles. The van der Waals surface area contributed by atoms with Gasteiger partial charge in [-0.05, 0) is 6.92 Å². The van der Waals surface area contributed by atoms with Crippen molar-refractivity contribution in [3.05, 3.63) is 21.1 Å². The van der Waals surface area contributed by atoms with Gasteiger partial charge in [0.1, 0.15) is 13.1 Å². The van der Waals surface area contributed by atoms with E-state index in [-0.39, 0.29) is 34.4 Å². The number of ketones is 1. The quantitative estimate of drug-likeness (QED) is 0.346. The van der Waals surface area contributed by atoms with Crippen LogP contribution in [0.25, 0.3) is 0 Å². The zero-order valence-corrected chi connectivity index (χ0v) is 10.2. The topological polar surface area (TPSA) is 111 Å². The Balaban J connectivity index is 3.28. The first-order chi connectivity index (χ1) is 8.51. The summed E-state index contributed by atoms with van der Waals surface area (Å²) in [7, 11) is 0. The maximum absolute atomic E-state index is 11.2. The van der Waals surface area contributed by atoms with Gasteiger partial charge in [0.2, 0.25) is 0 Å². The van der Waals surface area contributed by atoms with Gasteiger partial charge in [0.25, 0.3) is 0 Å². The zero-order valence-electron chi connectivity index (χ0n) is 9.41. The minimum Gasteiger partial charge on any atom is -0.331 e. The Kier molecular flexibility index (Phi) is 4.35. The highest BCUT2D eigenvalue weighted by atomic mass is 32.1. The largest absolute Gasteiger partial charge is 0.331 e. The number of thiophene rings is 1. The van der Waals surface area contributed by atoms with Crippen LogP contribution in [0, 0.1) is 32.8 Å². The zero-order chi connectivity index (χ0) is 13.7. The fraction of sp³-hybridized carbons (Fsp3) is 0.300. The molecule has 0 saturated heterocycles. The number of anilines is 1. The summed E-state index contributed by atoms with van der Waals surface area (Å²) in [5.74, 6) is -0.289. The lowest BCUT2D eigenvalue weighted by molar-refractivity contribution is -0.383. The van der Waals surface area contributed by atoms with Gasteiger partial charge >= 0.3 is 5.69 Å². The molecule has 1 heterocycles. The first-order valence-corrected chi connectivity index (χ1v) is 5.61. The molecule has 0 aliphatic heterocycles. The summed E-state index contributed by atoms with van der Waals surface area (Å²) in [5.41, 5.74) is -0.254. The second-order valence-electron chi connectivity index (χ2n) is 3.29. The summed E-state index contributed by atoms with van der Waals surface area (Å²) in [6.07, 6.45) is 0. The van der Waals surface area contributed by atoms with Gasteiger partial charge < -0.3 is 4.90 Å². The van der Waals surface area contributed by atoms with Gasteiger partial charge in [0.05, 0.1) is 21.9 Å². The molecule has 1 aromatic rings. The monoisotopic (exact) mass is 264 g/mol. The number of nitriles is 2. The van der Waals surface area contributed by atoms with Crippen LogP contribution in [-0.4, -0.2) is 23.8 Å². The average Bonchev–Trinajstić information content (AvgIpc) is 2.73. The molecule has 0 bridgehead atoms. The highest BCUT2D eigenvalue weighted by Gasteiger charge is 2.25. The van der Waals surface area contributed by atoms with E-state index in [0.717, 1.165) is 11.3 Å². The summed E-state index contributed by atoms with van der Waals surface area (Å²) in [4.78, 5) is 23.0. The highest BCUT2D eigenvalue weighted by molar-refractivity contribution is 7.18. The maximum Gasteiger partial charge on any atom is 0.304 e. The number of carbonyl (C=O) groups is 1. The first-order valence-electron chi connectivity index (χ1n) is 4.79. The Hall–Kier alpha value is -2.45. The van der Waals surface area contributed by atoms with Crippen molar-refractivity contribution in [3.63, 3.8) is 0 Å². The number of nitro groups is 1. The van der Waals surface area contributed by atoms with E-state index in [1.54, 1.807) is 0 Å². The lowest BCUT2D eigenvalue weighted by atomic mass is 10.3. The van der Waals surface area contributed by atoms with Gasteiger partial charge in [0, 0.05) is 6.07 Å². The van der Waals surface area contributed by atoms with Crippen LogP contribution in [0.15, 0.2) is 6.07 Å². The van der Waals surface area contributed by atoms with Gasteiger partial charge in [-0.3, -0.25) is 14.9 Å².